The zero-order chi connectivity index (χ0) is 12.7. The van der Waals surface area contributed by atoms with E-state index in [0.717, 1.165) is 20.7 Å². The van der Waals surface area contributed by atoms with Gasteiger partial charge in [-0.3, -0.25) is 0 Å². The maximum Gasteiger partial charge on any atom is 0.173 e. The Morgan fingerprint density at radius 2 is 2.22 bits per heavy atom. The van der Waals surface area contributed by atoms with Gasteiger partial charge in [0.1, 0.15) is 21.6 Å². The minimum atomic E-state index is 0.443. The molecule has 0 radical (unpaired) electrons. The Balaban J connectivity index is 2.32. The molecule has 0 saturated carbocycles. The average Bonchev–Trinajstić information content (AvgIpc) is 2.97. The van der Waals surface area contributed by atoms with Crippen LogP contribution >= 0.6 is 22.7 Å². The number of aromatic nitrogens is 2. The Hall–Kier alpha value is -1.97. The first-order valence-electron chi connectivity index (χ1n) is 5.21. The number of anilines is 1. The van der Waals surface area contributed by atoms with Gasteiger partial charge in [-0.05, 0) is 23.9 Å². The third-order valence-electron chi connectivity index (χ3n) is 2.66. The van der Waals surface area contributed by atoms with Crippen molar-refractivity contribution in [3.8, 4) is 16.8 Å². The molecule has 0 aliphatic carbocycles. The van der Waals surface area contributed by atoms with Crippen molar-refractivity contribution in [1.82, 2.24) is 9.97 Å². The molecule has 0 aliphatic heterocycles. The molecular formula is C12H8N4S2. The van der Waals surface area contributed by atoms with E-state index in [4.69, 9.17) is 11.0 Å². The highest BCUT2D eigenvalue weighted by Gasteiger charge is 2.15. The number of nitrogen functional groups attached to an aromatic ring is 1. The number of rotatable bonds is 1. The molecule has 0 spiro atoms. The molecule has 18 heavy (non-hydrogen) atoms. The molecule has 3 aromatic rings. The third kappa shape index (κ3) is 1.56. The van der Waals surface area contributed by atoms with Gasteiger partial charge >= 0.3 is 0 Å². The van der Waals surface area contributed by atoms with Crippen LogP contribution in [0.25, 0.3) is 20.9 Å². The van der Waals surface area contributed by atoms with E-state index < -0.39 is 0 Å². The van der Waals surface area contributed by atoms with Crippen molar-refractivity contribution in [2.24, 2.45) is 0 Å². The van der Waals surface area contributed by atoms with Gasteiger partial charge in [0.25, 0.3) is 0 Å². The van der Waals surface area contributed by atoms with Crippen LogP contribution in [-0.4, -0.2) is 9.97 Å². The maximum atomic E-state index is 9.04. The molecule has 88 valence electrons. The van der Waals surface area contributed by atoms with Gasteiger partial charge in [0, 0.05) is 0 Å². The number of hydrogen-bond donors (Lipinski definition) is 1. The van der Waals surface area contributed by atoms with E-state index in [1.807, 2.05) is 24.4 Å². The quantitative estimate of drug-likeness (QED) is 0.738. The predicted octanol–water partition coefficient (Wildman–Crippen LogP) is 3.18. The molecule has 3 heterocycles. The average molecular weight is 272 g/mol. The molecule has 3 aromatic heterocycles. The fraction of sp³-hybridized carbons (Fsp3) is 0.0833. The van der Waals surface area contributed by atoms with E-state index in [9.17, 15) is 0 Å². The first-order valence-corrected chi connectivity index (χ1v) is 6.91. The molecule has 0 aromatic carbocycles. The van der Waals surface area contributed by atoms with E-state index >= 15 is 0 Å². The Morgan fingerprint density at radius 3 is 2.89 bits per heavy atom. The van der Waals surface area contributed by atoms with Gasteiger partial charge in [0.15, 0.2) is 5.82 Å². The lowest BCUT2D eigenvalue weighted by Crippen LogP contribution is -1.95. The monoisotopic (exact) mass is 272 g/mol. The minimum absolute atomic E-state index is 0.443. The molecule has 6 heteroatoms. The van der Waals surface area contributed by atoms with E-state index in [0.29, 0.717) is 16.5 Å². The van der Waals surface area contributed by atoms with Crippen LogP contribution in [0.1, 0.15) is 10.4 Å². The van der Waals surface area contributed by atoms with Crippen molar-refractivity contribution < 1.29 is 0 Å². The molecular weight excluding hydrogens is 264 g/mol. The summed E-state index contributed by atoms with van der Waals surface area (Å²) in [5.74, 6) is 1.07. The number of hydrogen-bond acceptors (Lipinski definition) is 6. The largest absolute Gasteiger partial charge is 0.383 e. The van der Waals surface area contributed by atoms with Crippen molar-refractivity contribution in [1.29, 1.82) is 5.26 Å². The van der Waals surface area contributed by atoms with Gasteiger partial charge in [-0.1, -0.05) is 6.07 Å². The van der Waals surface area contributed by atoms with Crippen LogP contribution < -0.4 is 5.73 Å². The molecule has 2 N–H and O–H groups in total. The van der Waals surface area contributed by atoms with E-state index in [1.54, 1.807) is 11.3 Å². The van der Waals surface area contributed by atoms with Crippen LogP contribution in [-0.2, 0) is 0 Å². The summed E-state index contributed by atoms with van der Waals surface area (Å²) in [7, 11) is 0. The van der Waals surface area contributed by atoms with Crippen molar-refractivity contribution in [2.45, 2.75) is 6.92 Å². The van der Waals surface area contributed by atoms with Crippen LogP contribution in [0.15, 0.2) is 17.5 Å². The highest BCUT2D eigenvalue weighted by Crippen LogP contribution is 2.34. The molecule has 0 bridgehead atoms. The van der Waals surface area contributed by atoms with Crippen molar-refractivity contribution in [2.75, 3.05) is 5.73 Å². The number of nitrogens with two attached hydrogens (primary N) is 1. The number of fused-ring (bicyclic) bond motifs is 1. The Kier molecular flexibility index (Phi) is 2.51. The normalized spacial score (nSPS) is 10.7. The van der Waals surface area contributed by atoms with Crippen molar-refractivity contribution >= 4 is 38.7 Å². The first-order chi connectivity index (χ1) is 8.70. The van der Waals surface area contributed by atoms with Gasteiger partial charge in [0.2, 0.25) is 0 Å². The second-order valence-electron chi connectivity index (χ2n) is 3.76. The number of aryl methyl sites for hydroxylation is 1. The van der Waals surface area contributed by atoms with Crippen LogP contribution in [0.5, 0.6) is 0 Å². The zero-order valence-corrected chi connectivity index (χ0v) is 11.1. The standard InChI is InChI=1S/C12H8N4S2/c1-6-8(5-13)18-12-9(6)10(14)15-11(16-12)7-3-2-4-17-7/h2-4H,1H3,(H2,14,15,16). The summed E-state index contributed by atoms with van der Waals surface area (Å²) in [6.07, 6.45) is 0. The summed E-state index contributed by atoms with van der Waals surface area (Å²) in [5.41, 5.74) is 6.85. The molecule has 0 atom stereocenters. The highest BCUT2D eigenvalue weighted by atomic mass is 32.1. The molecule has 0 unspecified atom stereocenters. The Bertz CT molecular complexity index is 766. The summed E-state index contributed by atoms with van der Waals surface area (Å²) >= 11 is 2.93. The molecule has 4 nitrogen and oxygen atoms in total. The topological polar surface area (TPSA) is 75.6 Å². The van der Waals surface area contributed by atoms with Gasteiger partial charge in [0.05, 0.1) is 10.3 Å². The lowest BCUT2D eigenvalue weighted by atomic mass is 10.2. The van der Waals surface area contributed by atoms with Crippen molar-refractivity contribution in [3.63, 3.8) is 0 Å². The van der Waals surface area contributed by atoms with Gasteiger partial charge in [-0.15, -0.1) is 22.7 Å². The second kappa shape index (κ2) is 4.05. The molecule has 0 amide bonds. The van der Waals surface area contributed by atoms with E-state index in [2.05, 4.69) is 16.0 Å². The molecule has 0 saturated heterocycles. The summed E-state index contributed by atoms with van der Waals surface area (Å²) in [6.45, 7) is 1.88. The van der Waals surface area contributed by atoms with Crippen LogP contribution in [0.3, 0.4) is 0 Å². The lowest BCUT2D eigenvalue weighted by Gasteiger charge is -2.00. The maximum absolute atomic E-state index is 9.04. The molecule has 0 aliphatic rings. The number of thiophene rings is 2. The zero-order valence-electron chi connectivity index (χ0n) is 9.47. The number of nitrogens with zero attached hydrogens (tertiary/aromatic N) is 3. The summed E-state index contributed by atoms with van der Waals surface area (Å²) in [4.78, 5) is 11.2. The summed E-state index contributed by atoms with van der Waals surface area (Å²) in [5, 5.41) is 11.8. The fourth-order valence-corrected chi connectivity index (χ4v) is 3.44. The second-order valence-corrected chi connectivity index (χ2v) is 5.70. The Labute approximate surface area is 111 Å². The summed E-state index contributed by atoms with van der Waals surface area (Å²) in [6, 6.07) is 6.07. The van der Waals surface area contributed by atoms with Crippen LogP contribution in [0.2, 0.25) is 0 Å². The first kappa shape index (κ1) is 11.1. The van der Waals surface area contributed by atoms with Gasteiger partial charge in [-0.25, -0.2) is 9.97 Å². The highest BCUT2D eigenvalue weighted by molar-refractivity contribution is 7.19. The fourth-order valence-electron chi connectivity index (χ4n) is 1.79. The smallest absolute Gasteiger partial charge is 0.173 e. The minimum Gasteiger partial charge on any atom is -0.383 e. The van der Waals surface area contributed by atoms with Gasteiger partial charge in [-0.2, -0.15) is 5.26 Å². The summed E-state index contributed by atoms with van der Waals surface area (Å²) < 4.78 is 0. The predicted molar refractivity (Wildman–Crippen MR) is 74.6 cm³/mol. The van der Waals surface area contributed by atoms with Crippen molar-refractivity contribution in [3.05, 3.63) is 28.0 Å². The lowest BCUT2D eigenvalue weighted by molar-refractivity contribution is 1.25. The third-order valence-corrected chi connectivity index (χ3v) is 4.62. The van der Waals surface area contributed by atoms with Crippen LogP contribution in [0.4, 0.5) is 5.82 Å². The van der Waals surface area contributed by atoms with Crippen LogP contribution in [0, 0.1) is 18.3 Å². The van der Waals surface area contributed by atoms with E-state index in [-0.39, 0.29) is 0 Å². The van der Waals surface area contributed by atoms with Gasteiger partial charge < -0.3 is 5.73 Å². The molecule has 3 rings (SSSR count). The number of nitriles is 1. The SMILES string of the molecule is Cc1c(C#N)sc2nc(-c3cccs3)nc(N)c12. The Morgan fingerprint density at radius 1 is 1.39 bits per heavy atom. The molecule has 0 fully saturated rings. The van der Waals surface area contributed by atoms with E-state index in [1.165, 1.54) is 11.3 Å².